The number of rotatable bonds is 20. The minimum absolute atomic E-state index is 0.755. The lowest BCUT2D eigenvalue weighted by Crippen LogP contribution is -2.38. The van der Waals surface area contributed by atoms with Gasteiger partial charge in [0.05, 0.1) is 0 Å². The van der Waals surface area contributed by atoms with Crippen molar-refractivity contribution in [1.82, 2.24) is 14.7 Å². The second kappa shape index (κ2) is 19.5. The molecule has 0 aromatic carbocycles. The summed E-state index contributed by atoms with van der Waals surface area (Å²) in [4.78, 5) is 7.54. The van der Waals surface area contributed by atoms with E-state index < -0.39 is 0 Å². The van der Waals surface area contributed by atoms with Crippen LogP contribution in [0.3, 0.4) is 0 Å². The van der Waals surface area contributed by atoms with Crippen LogP contribution in [-0.2, 0) is 0 Å². The van der Waals surface area contributed by atoms with E-state index in [0.29, 0.717) is 0 Å². The van der Waals surface area contributed by atoms with E-state index in [1.165, 1.54) is 51.7 Å². The Labute approximate surface area is 163 Å². The zero-order valence-electron chi connectivity index (χ0n) is 17.8. The van der Waals surface area contributed by atoms with Gasteiger partial charge in [-0.15, -0.1) is 0 Å². The van der Waals surface area contributed by atoms with Gasteiger partial charge >= 0.3 is 0 Å². The van der Waals surface area contributed by atoms with E-state index in [1.807, 2.05) is 0 Å². The normalized spacial score (nSPS) is 12.0. The summed E-state index contributed by atoms with van der Waals surface area (Å²) < 4.78 is 0. The highest BCUT2D eigenvalue weighted by Gasteiger charge is 2.07. The monoisotopic (exact) mass is 372 g/mol. The van der Waals surface area contributed by atoms with E-state index in [-0.39, 0.29) is 0 Å². The Bertz CT molecular complexity index is 273. The highest BCUT2D eigenvalue weighted by Crippen LogP contribution is 2.04. The molecule has 6 nitrogen and oxygen atoms in total. The maximum Gasteiger partial charge on any atom is 0.0110 e. The molecule has 26 heavy (non-hydrogen) atoms. The largest absolute Gasteiger partial charge is 0.330 e. The summed E-state index contributed by atoms with van der Waals surface area (Å²) in [5, 5.41) is 0. The van der Waals surface area contributed by atoms with E-state index in [0.717, 1.165) is 65.3 Å². The third-order valence-corrected chi connectivity index (χ3v) is 5.14. The molecule has 0 spiro atoms. The van der Waals surface area contributed by atoms with E-state index in [9.17, 15) is 0 Å². The van der Waals surface area contributed by atoms with Crippen LogP contribution in [0, 0.1) is 0 Å². The number of nitrogens with zero attached hydrogens (tertiary/aromatic N) is 3. The predicted molar refractivity (Wildman–Crippen MR) is 116 cm³/mol. The van der Waals surface area contributed by atoms with Gasteiger partial charge < -0.3 is 31.9 Å². The van der Waals surface area contributed by atoms with Gasteiger partial charge in [-0.3, -0.25) is 0 Å². The van der Waals surface area contributed by atoms with E-state index in [2.05, 4.69) is 28.5 Å². The van der Waals surface area contributed by atoms with Crippen molar-refractivity contribution < 1.29 is 0 Å². The molecule has 0 aliphatic rings. The van der Waals surface area contributed by atoms with E-state index >= 15 is 0 Å². The third kappa shape index (κ3) is 14.9. The number of hydrogen-bond donors (Lipinski definition) is 3. The van der Waals surface area contributed by atoms with Gasteiger partial charge in [0.25, 0.3) is 0 Å². The Balaban J connectivity index is 3.90. The summed E-state index contributed by atoms with van der Waals surface area (Å²) in [7, 11) is 0. The molecule has 0 aliphatic carbocycles. The van der Waals surface area contributed by atoms with E-state index in [4.69, 9.17) is 17.2 Å². The molecule has 0 aromatic heterocycles. The molecule has 0 rings (SSSR count). The minimum Gasteiger partial charge on any atom is -0.330 e. The molecule has 0 aliphatic heterocycles. The second-order valence-electron chi connectivity index (χ2n) is 7.20. The standard InChI is InChI=1S/C20H48N6/c1-3-24(4-2)19-20-26(18-13-23)16-10-6-9-15-25(17-12-22)14-8-5-7-11-21/h3-23H2,1-2H3. The molecule has 0 radical (unpaired) electrons. The first-order valence-corrected chi connectivity index (χ1v) is 11.0. The lowest BCUT2D eigenvalue weighted by molar-refractivity contribution is 0.212. The van der Waals surface area contributed by atoms with Crippen LogP contribution >= 0.6 is 0 Å². The Morgan fingerprint density at radius 1 is 0.423 bits per heavy atom. The SMILES string of the molecule is CCN(CC)CCN(CCN)CCCCCN(CCN)CCCCCN. The number of unbranched alkanes of at least 4 members (excludes halogenated alkanes) is 4. The first-order valence-electron chi connectivity index (χ1n) is 11.0. The molecule has 6 heteroatoms. The molecule has 158 valence electrons. The van der Waals surface area contributed by atoms with Crippen LogP contribution in [-0.4, -0.2) is 93.2 Å². The van der Waals surface area contributed by atoms with Gasteiger partial charge in [0, 0.05) is 39.3 Å². The molecule has 0 bridgehead atoms. The fraction of sp³-hybridized carbons (Fsp3) is 1.00. The van der Waals surface area contributed by atoms with Crippen LogP contribution < -0.4 is 17.2 Å². The van der Waals surface area contributed by atoms with Gasteiger partial charge in [-0.25, -0.2) is 0 Å². The van der Waals surface area contributed by atoms with Crippen molar-refractivity contribution in [3.8, 4) is 0 Å². The van der Waals surface area contributed by atoms with Gasteiger partial charge in [0.15, 0.2) is 0 Å². The van der Waals surface area contributed by atoms with Crippen LogP contribution in [0.4, 0.5) is 0 Å². The van der Waals surface area contributed by atoms with Crippen LogP contribution in [0.1, 0.15) is 52.4 Å². The lowest BCUT2D eigenvalue weighted by atomic mass is 10.2. The Morgan fingerprint density at radius 2 is 0.846 bits per heavy atom. The first-order chi connectivity index (χ1) is 12.7. The summed E-state index contributed by atoms with van der Waals surface area (Å²) in [6, 6.07) is 0. The van der Waals surface area contributed by atoms with Gasteiger partial charge in [-0.2, -0.15) is 0 Å². The Hall–Kier alpha value is -0.240. The van der Waals surface area contributed by atoms with Crippen molar-refractivity contribution >= 4 is 0 Å². The molecule has 0 aromatic rings. The Kier molecular flexibility index (Phi) is 19.3. The van der Waals surface area contributed by atoms with Gasteiger partial charge in [-0.05, 0) is 65.0 Å². The molecule has 0 saturated carbocycles. The molecule has 0 saturated heterocycles. The zero-order chi connectivity index (χ0) is 19.5. The number of likely N-dealkylation sites (N-methyl/N-ethyl adjacent to an activating group) is 1. The van der Waals surface area contributed by atoms with Crippen molar-refractivity contribution in [2.75, 3.05) is 78.5 Å². The average Bonchev–Trinajstić information content (AvgIpc) is 2.65. The zero-order valence-corrected chi connectivity index (χ0v) is 17.8. The topological polar surface area (TPSA) is 87.8 Å². The summed E-state index contributed by atoms with van der Waals surface area (Å²) in [5.41, 5.74) is 17.1. The van der Waals surface area contributed by atoms with Gasteiger partial charge in [-0.1, -0.05) is 26.7 Å². The van der Waals surface area contributed by atoms with E-state index in [1.54, 1.807) is 0 Å². The second-order valence-corrected chi connectivity index (χ2v) is 7.20. The molecule has 0 atom stereocenters. The molecule has 0 unspecified atom stereocenters. The molecule has 6 N–H and O–H groups in total. The summed E-state index contributed by atoms with van der Waals surface area (Å²) in [6.07, 6.45) is 7.44. The highest BCUT2D eigenvalue weighted by molar-refractivity contribution is 4.64. The summed E-state index contributed by atoms with van der Waals surface area (Å²) in [5.74, 6) is 0. The van der Waals surface area contributed by atoms with Crippen molar-refractivity contribution in [1.29, 1.82) is 0 Å². The maximum atomic E-state index is 5.79. The van der Waals surface area contributed by atoms with Gasteiger partial charge in [0.2, 0.25) is 0 Å². The fourth-order valence-electron chi connectivity index (χ4n) is 3.36. The highest BCUT2D eigenvalue weighted by atomic mass is 15.2. The quantitative estimate of drug-likeness (QED) is 0.278. The predicted octanol–water partition coefficient (Wildman–Crippen LogP) is 1.15. The van der Waals surface area contributed by atoms with Crippen LogP contribution in [0.15, 0.2) is 0 Å². The molecular formula is C20H48N6. The molecular weight excluding hydrogens is 324 g/mol. The van der Waals surface area contributed by atoms with Crippen molar-refractivity contribution in [2.45, 2.75) is 52.4 Å². The van der Waals surface area contributed by atoms with Crippen LogP contribution in [0.2, 0.25) is 0 Å². The van der Waals surface area contributed by atoms with Crippen molar-refractivity contribution in [3.05, 3.63) is 0 Å². The third-order valence-electron chi connectivity index (χ3n) is 5.14. The van der Waals surface area contributed by atoms with Crippen LogP contribution in [0.25, 0.3) is 0 Å². The fourth-order valence-corrected chi connectivity index (χ4v) is 3.36. The average molecular weight is 373 g/mol. The van der Waals surface area contributed by atoms with Crippen LogP contribution in [0.5, 0.6) is 0 Å². The molecule has 0 amide bonds. The minimum atomic E-state index is 0.755. The maximum absolute atomic E-state index is 5.79. The molecule has 0 heterocycles. The van der Waals surface area contributed by atoms with Crippen molar-refractivity contribution in [3.63, 3.8) is 0 Å². The number of hydrogen-bond acceptors (Lipinski definition) is 6. The van der Waals surface area contributed by atoms with Crippen molar-refractivity contribution in [2.24, 2.45) is 17.2 Å². The lowest BCUT2D eigenvalue weighted by Gasteiger charge is -2.26. The molecule has 0 fully saturated rings. The summed E-state index contributed by atoms with van der Waals surface area (Å²) >= 11 is 0. The Morgan fingerprint density at radius 3 is 1.27 bits per heavy atom. The summed E-state index contributed by atoms with van der Waals surface area (Å²) in [6.45, 7) is 16.9. The first kappa shape index (κ1) is 25.8. The number of nitrogens with two attached hydrogens (primary N) is 3. The smallest absolute Gasteiger partial charge is 0.0110 e. The van der Waals surface area contributed by atoms with Gasteiger partial charge in [0.1, 0.15) is 0 Å².